The molecule has 2 unspecified atom stereocenters. The molecule has 1 heterocycles. The Morgan fingerprint density at radius 1 is 0.931 bits per heavy atom. The summed E-state index contributed by atoms with van der Waals surface area (Å²) in [6, 6.07) is 12.2. The van der Waals surface area contributed by atoms with Crippen molar-refractivity contribution in [1.29, 1.82) is 0 Å². The maximum absolute atomic E-state index is 10.6. The van der Waals surface area contributed by atoms with Crippen molar-refractivity contribution in [3.05, 3.63) is 64.2 Å². The van der Waals surface area contributed by atoms with Crippen LogP contribution in [-0.4, -0.2) is 57.2 Å². The Morgan fingerprint density at radius 2 is 1.62 bits per heavy atom. The fourth-order valence-electron chi connectivity index (χ4n) is 3.86. The van der Waals surface area contributed by atoms with E-state index in [-0.39, 0.29) is 6.61 Å². The molecule has 0 saturated carbocycles. The molecule has 2 aromatic carbocycles. The summed E-state index contributed by atoms with van der Waals surface area (Å²) in [4.78, 5) is 0. The lowest BCUT2D eigenvalue weighted by molar-refractivity contribution is -0.0700. The number of aliphatic hydroxyl groups is 4. The molecular formula is C23H30O5S. The Hall–Kier alpha value is -1.57. The predicted octanol–water partition coefficient (Wildman–Crippen LogP) is 2.52. The van der Waals surface area contributed by atoms with Crippen LogP contribution in [0.15, 0.2) is 36.4 Å². The summed E-state index contributed by atoms with van der Waals surface area (Å²) in [5, 5.41) is 39.6. The number of ether oxygens (including phenoxy) is 1. The standard InChI is InChI=1S/C23H30O5S/c1-4-28-17-7-5-15(6-8-17)10-16-11-18(14(3)9-13(16)2)23-22(27)21(26)20(25)19(12-24)29-23/h5-9,11,19-27H,4,10,12H2,1-3H3/t19?,20-,21?,22+,23+/m1/s1. The molecule has 0 radical (unpaired) electrons. The molecule has 1 saturated heterocycles. The lowest BCUT2D eigenvalue weighted by Gasteiger charge is -2.40. The van der Waals surface area contributed by atoms with Crippen LogP contribution in [0, 0.1) is 13.8 Å². The van der Waals surface area contributed by atoms with Gasteiger partial charge in [0.15, 0.2) is 0 Å². The molecule has 0 amide bonds. The Bertz CT molecular complexity index is 821. The molecule has 6 heteroatoms. The molecule has 1 aliphatic rings. The van der Waals surface area contributed by atoms with Gasteiger partial charge in [-0.3, -0.25) is 0 Å². The quantitative estimate of drug-likeness (QED) is 0.576. The minimum Gasteiger partial charge on any atom is -0.494 e. The molecule has 3 rings (SSSR count). The summed E-state index contributed by atoms with van der Waals surface area (Å²) in [7, 11) is 0. The first-order chi connectivity index (χ1) is 13.8. The Labute approximate surface area is 176 Å². The van der Waals surface area contributed by atoms with Crippen LogP contribution in [0.1, 0.15) is 40.0 Å². The second kappa shape index (κ2) is 9.49. The molecule has 0 bridgehead atoms. The largest absolute Gasteiger partial charge is 0.494 e. The van der Waals surface area contributed by atoms with Gasteiger partial charge in [-0.25, -0.2) is 0 Å². The van der Waals surface area contributed by atoms with Gasteiger partial charge in [-0.2, -0.15) is 0 Å². The molecule has 0 aliphatic carbocycles. The van der Waals surface area contributed by atoms with Crippen molar-refractivity contribution in [1.82, 2.24) is 0 Å². The zero-order valence-corrected chi connectivity index (χ0v) is 17.9. The van der Waals surface area contributed by atoms with Crippen LogP contribution in [0.4, 0.5) is 0 Å². The zero-order chi connectivity index (χ0) is 21.1. The van der Waals surface area contributed by atoms with Crippen LogP contribution in [0.2, 0.25) is 0 Å². The average Bonchev–Trinajstić information content (AvgIpc) is 2.70. The topological polar surface area (TPSA) is 90.2 Å². The summed E-state index contributed by atoms with van der Waals surface area (Å²) in [5.74, 6) is 0.849. The van der Waals surface area contributed by atoms with E-state index in [9.17, 15) is 20.4 Å². The van der Waals surface area contributed by atoms with E-state index in [4.69, 9.17) is 4.74 Å². The number of aryl methyl sites for hydroxylation is 2. The van der Waals surface area contributed by atoms with Crippen molar-refractivity contribution in [2.75, 3.05) is 13.2 Å². The van der Waals surface area contributed by atoms with Crippen molar-refractivity contribution in [3.63, 3.8) is 0 Å². The van der Waals surface area contributed by atoms with Crippen LogP contribution >= 0.6 is 11.8 Å². The van der Waals surface area contributed by atoms with Gasteiger partial charge in [0.1, 0.15) is 11.9 Å². The molecule has 5 atom stereocenters. The second-order valence-corrected chi connectivity index (χ2v) is 9.02. The number of aliphatic hydroxyl groups excluding tert-OH is 4. The van der Waals surface area contributed by atoms with Crippen molar-refractivity contribution in [2.45, 2.75) is 56.0 Å². The molecule has 0 spiro atoms. The van der Waals surface area contributed by atoms with Crippen LogP contribution < -0.4 is 4.74 Å². The van der Waals surface area contributed by atoms with E-state index in [0.29, 0.717) is 6.61 Å². The SMILES string of the molecule is CCOc1ccc(Cc2cc([C@@H]3SC(CO)[C@@H](O)C(O)[C@@H]3O)c(C)cc2C)cc1. The van der Waals surface area contributed by atoms with E-state index in [1.54, 1.807) is 0 Å². The molecule has 2 aromatic rings. The highest BCUT2D eigenvalue weighted by Crippen LogP contribution is 2.44. The highest BCUT2D eigenvalue weighted by Gasteiger charge is 2.44. The van der Waals surface area contributed by atoms with Crippen LogP contribution in [0.25, 0.3) is 0 Å². The smallest absolute Gasteiger partial charge is 0.119 e. The number of rotatable bonds is 6. The third-order valence-corrected chi connectivity index (χ3v) is 7.16. The molecular weight excluding hydrogens is 388 g/mol. The fraction of sp³-hybridized carbons (Fsp3) is 0.478. The third kappa shape index (κ3) is 4.78. The highest BCUT2D eigenvalue weighted by molar-refractivity contribution is 8.00. The van der Waals surface area contributed by atoms with Crippen LogP contribution in [0.3, 0.4) is 0 Å². The van der Waals surface area contributed by atoms with Gasteiger partial charge in [0, 0.05) is 0 Å². The monoisotopic (exact) mass is 418 g/mol. The van der Waals surface area contributed by atoms with E-state index in [0.717, 1.165) is 40.0 Å². The van der Waals surface area contributed by atoms with Gasteiger partial charge in [-0.05, 0) is 67.1 Å². The molecule has 5 nitrogen and oxygen atoms in total. The Balaban J connectivity index is 1.89. The fourth-order valence-corrected chi connectivity index (χ4v) is 5.37. The van der Waals surface area contributed by atoms with Crippen molar-refractivity contribution in [2.24, 2.45) is 0 Å². The summed E-state index contributed by atoms with van der Waals surface area (Å²) in [6.07, 6.45) is -2.79. The van der Waals surface area contributed by atoms with E-state index in [1.807, 2.05) is 26.0 Å². The molecule has 158 valence electrons. The van der Waals surface area contributed by atoms with E-state index < -0.39 is 28.8 Å². The second-order valence-electron chi connectivity index (χ2n) is 7.64. The molecule has 29 heavy (non-hydrogen) atoms. The Kier molecular flexibility index (Phi) is 7.24. The van der Waals surface area contributed by atoms with Crippen LogP contribution in [0.5, 0.6) is 5.75 Å². The van der Waals surface area contributed by atoms with Crippen molar-refractivity contribution in [3.8, 4) is 5.75 Å². The molecule has 0 aromatic heterocycles. The van der Waals surface area contributed by atoms with Gasteiger partial charge in [-0.1, -0.05) is 24.3 Å². The van der Waals surface area contributed by atoms with E-state index >= 15 is 0 Å². The first-order valence-corrected chi connectivity index (χ1v) is 10.9. The minimum absolute atomic E-state index is 0.254. The Morgan fingerprint density at radius 3 is 2.24 bits per heavy atom. The van der Waals surface area contributed by atoms with Gasteiger partial charge < -0.3 is 25.2 Å². The molecule has 1 fully saturated rings. The zero-order valence-electron chi connectivity index (χ0n) is 17.1. The molecule has 4 N–H and O–H groups in total. The van der Waals surface area contributed by atoms with E-state index in [2.05, 4.69) is 31.2 Å². The van der Waals surface area contributed by atoms with Crippen molar-refractivity contribution < 1.29 is 25.2 Å². The normalized spacial score (nSPS) is 27.1. The average molecular weight is 419 g/mol. The predicted molar refractivity (Wildman–Crippen MR) is 116 cm³/mol. The number of thioether (sulfide) groups is 1. The van der Waals surface area contributed by atoms with E-state index in [1.165, 1.54) is 11.8 Å². The van der Waals surface area contributed by atoms with Gasteiger partial charge >= 0.3 is 0 Å². The van der Waals surface area contributed by atoms with Crippen molar-refractivity contribution >= 4 is 11.8 Å². The number of hydrogen-bond acceptors (Lipinski definition) is 6. The number of benzene rings is 2. The lowest BCUT2D eigenvalue weighted by atomic mass is 9.90. The van der Waals surface area contributed by atoms with Crippen LogP contribution in [-0.2, 0) is 6.42 Å². The lowest BCUT2D eigenvalue weighted by Crippen LogP contribution is -2.51. The maximum atomic E-state index is 10.6. The van der Waals surface area contributed by atoms with Gasteiger partial charge in [-0.15, -0.1) is 11.8 Å². The summed E-state index contributed by atoms with van der Waals surface area (Å²) in [5.41, 5.74) is 5.42. The highest BCUT2D eigenvalue weighted by atomic mass is 32.2. The first-order valence-electron chi connectivity index (χ1n) is 9.98. The van der Waals surface area contributed by atoms with Gasteiger partial charge in [0.2, 0.25) is 0 Å². The maximum Gasteiger partial charge on any atom is 0.119 e. The van der Waals surface area contributed by atoms with Gasteiger partial charge in [0.05, 0.1) is 35.9 Å². The molecule has 1 aliphatic heterocycles. The summed E-state index contributed by atoms with van der Waals surface area (Å²) in [6.45, 7) is 6.40. The number of hydrogen-bond donors (Lipinski definition) is 4. The van der Waals surface area contributed by atoms with Gasteiger partial charge in [0.25, 0.3) is 0 Å². The summed E-state index contributed by atoms with van der Waals surface area (Å²) < 4.78 is 5.51. The first kappa shape index (κ1) is 22.1. The third-order valence-electron chi connectivity index (χ3n) is 5.55. The minimum atomic E-state index is -1.28. The summed E-state index contributed by atoms with van der Waals surface area (Å²) >= 11 is 1.32.